The van der Waals surface area contributed by atoms with E-state index in [0.717, 1.165) is 22.3 Å². The zero-order chi connectivity index (χ0) is 23.4. The summed E-state index contributed by atoms with van der Waals surface area (Å²) in [6, 6.07) is 5.53. The summed E-state index contributed by atoms with van der Waals surface area (Å²) in [6.45, 7) is 8.86. The Morgan fingerprint density at radius 1 is 1.19 bits per heavy atom. The Morgan fingerprint density at radius 3 is 2.47 bits per heavy atom. The number of sulfone groups is 1. The van der Waals surface area contributed by atoms with E-state index in [1.807, 2.05) is 6.92 Å². The Bertz CT molecular complexity index is 1280. The van der Waals surface area contributed by atoms with Gasteiger partial charge in [0.1, 0.15) is 0 Å². The minimum atomic E-state index is -3.47. The number of aliphatic hydroxyl groups excluding tert-OH is 2. The van der Waals surface area contributed by atoms with Crippen molar-refractivity contribution in [2.75, 3.05) is 17.7 Å². The normalized spacial score (nSPS) is 17.8. The molecule has 8 nitrogen and oxygen atoms in total. The van der Waals surface area contributed by atoms with E-state index in [9.17, 15) is 18.6 Å². The van der Waals surface area contributed by atoms with E-state index in [-0.39, 0.29) is 23.5 Å². The van der Waals surface area contributed by atoms with Gasteiger partial charge in [0.05, 0.1) is 23.6 Å². The third kappa shape index (κ3) is 3.78. The number of hydrogen-bond acceptors (Lipinski definition) is 7. The van der Waals surface area contributed by atoms with Crippen LogP contribution in [0.1, 0.15) is 55.4 Å². The van der Waals surface area contributed by atoms with Crippen molar-refractivity contribution >= 4 is 26.7 Å². The molecule has 1 aromatic carbocycles. The van der Waals surface area contributed by atoms with Crippen LogP contribution in [0, 0.1) is 12.8 Å². The highest BCUT2D eigenvalue weighted by Gasteiger charge is 2.33. The van der Waals surface area contributed by atoms with Crippen molar-refractivity contribution in [3.63, 3.8) is 0 Å². The molecule has 2 N–H and O–H groups in total. The fourth-order valence-electron chi connectivity index (χ4n) is 4.77. The monoisotopic (exact) mass is 458 g/mol. The Labute approximate surface area is 188 Å². The number of aryl methyl sites for hydroxylation is 1. The van der Waals surface area contributed by atoms with E-state index in [1.54, 1.807) is 25.3 Å². The summed E-state index contributed by atoms with van der Waals surface area (Å²) in [6.07, 6.45) is 2.23. The Hall–Kier alpha value is -2.49. The maximum Gasteiger partial charge on any atom is 0.226 e. The summed E-state index contributed by atoms with van der Waals surface area (Å²) in [7, 11) is -3.47. The number of aliphatic hydroxyl groups is 2. The standard InChI is InChI=1S/C23H30N4O4S/c1-13(2)22-20-9-16-8-17(12-28)21(32(5,30)31)10-19(16)26(20)6-7-27(22)23-24-11-18(15(4)29)14(3)25-23/h8-11,13,15,22,28-29H,6-7,12H2,1-5H3/t15-,22-/m0/s1. The van der Waals surface area contributed by atoms with Gasteiger partial charge < -0.3 is 19.7 Å². The molecular weight excluding hydrogens is 428 g/mol. The van der Waals surface area contributed by atoms with Crippen LogP contribution in [-0.4, -0.2) is 46.0 Å². The topological polar surface area (TPSA) is 109 Å². The molecule has 3 aromatic rings. The summed E-state index contributed by atoms with van der Waals surface area (Å²) >= 11 is 0. The predicted molar refractivity (Wildman–Crippen MR) is 123 cm³/mol. The lowest BCUT2D eigenvalue weighted by Crippen LogP contribution is -2.41. The lowest BCUT2D eigenvalue weighted by atomic mass is 9.97. The number of rotatable bonds is 5. The van der Waals surface area contributed by atoms with Gasteiger partial charge in [-0.3, -0.25) is 0 Å². The van der Waals surface area contributed by atoms with Crippen LogP contribution in [-0.2, 0) is 23.0 Å². The quantitative estimate of drug-likeness (QED) is 0.605. The Balaban J connectivity index is 1.86. The van der Waals surface area contributed by atoms with Crippen molar-refractivity contribution in [1.29, 1.82) is 0 Å². The highest BCUT2D eigenvalue weighted by atomic mass is 32.2. The fourth-order valence-corrected chi connectivity index (χ4v) is 5.69. The number of hydrogen-bond donors (Lipinski definition) is 2. The summed E-state index contributed by atoms with van der Waals surface area (Å²) in [5, 5.41) is 20.6. The second-order valence-electron chi connectivity index (χ2n) is 8.94. The molecule has 32 heavy (non-hydrogen) atoms. The van der Waals surface area contributed by atoms with E-state index in [2.05, 4.69) is 39.3 Å². The summed E-state index contributed by atoms with van der Waals surface area (Å²) < 4.78 is 26.8. The minimum absolute atomic E-state index is 0.00721. The smallest absolute Gasteiger partial charge is 0.226 e. The maximum absolute atomic E-state index is 12.3. The molecule has 0 bridgehead atoms. The molecule has 0 saturated carbocycles. The van der Waals surface area contributed by atoms with Crippen LogP contribution in [0.5, 0.6) is 0 Å². The van der Waals surface area contributed by atoms with Gasteiger partial charge in [0, 0.05) is 53.4 Å². The Kier molecular flexibility index (Phi) is 5.77. The van der Waals surface area contributed by atoms with Gasteiger partial charge in [-0.15, -0.1) is 0 Å². The third-order valence-corrected chi connectivity index (χ3v) is 7.41. The highest BCUT2D eigenvalue weighted by molar-refractivity contribution is 7.90. The number of anilines is 1. The van der Waals surface area contributed by atoms with E-state index >= 15 is 0 Å². The molecule has 3 heterocycles. The van der Waals surface area contributed by atoms with E-state index < -0.39 is 15.9 Å². The molecule has 0 amide bonds. The number of nitrogens with zero attached hydrogens (tertiary/aromatic N) is 4. The molecule has 1 aliphatic heterocycles. The first-order valence-electron chi connectivity index (χ1n) is 10.8. The van der Waals surface area contributed by atoms with Crippen molar-refractivity contribution in [1.82, 2.24) is 14.5 Å². The molecule has 2 atom stereocenters. The van der Waals surface area contributed by atoms with Crippen molar-refractivity contribution in [2.45, 2.75) is 57.9 Å². The predicted octanol–water partition coefficient (Wildman–Crippen LogP) is 2.91. The van der Waals surface area contributed by atoms with Crippen LogP contribution in [0.25, 0.3) is 10.9 Å². The SMILES string of the molecule is Cc1nc(N2CCn3c(cc4cc(CO)c(S(C)(=O)=O)cc43)[C@@H]2C(C)C)ncc1[C@H](C)O. The fraction of sp³-hybridized carbons (Fsp3) is 0.478. The highest BCUT2D eigenvalue weighted by Crippen LogP contribution is 2.39. The molecule has 1 aliphatic rings. The van der Waals surface area contributed by atoms with E-state index in [4.69, 9.17) is 0 Å². The van der Waals surface area contributed by atoms with Gasteiger partial charge >= 0.3 is 0 Å². The molecule has 0 unspecified atom stereocenters. The second-order valence-corrected chi connectivity index (χ2v) is 10.9. The van der Waals surface area contributed by atoms with Gasteiger partial charge in [0.25, 0.3) is 0 Å². The van der Waals surface area contributed by atoms with E-state index in [0.29, 0.717) is 30.2 Å². The van der Waals surface area contributed by atoms with Crippen molar-refractivity contribution < 1.29 is 18.6 Å². The van der Waals surface area contributed by atoms with Gasteiger partial charge in [0.15, 0.2) is 9.84 Å². The Morgan fingerprint density at radius 2 is 1.91 bits per heavy atom. The van der Waals surface area contributed by atoms with Gasteiger partial charge in [-0.25, -0.2) is 18.4 Å². The number of benzene rings is 1. The van der Waals surface area contributed by atoms with Gasteiger partial charge in [-0.2, -0.15) is 0 Å². The maximum atomic E-state index is 12.3. The van der Waals surface area contributed by atoms with Gasteiger partial charge in [0.2, 0.25) is 5.95 Å². The minimum Gasteiger partial charge on any atom is -0.392 e. The van der Waals surface area contributed by atoms with Crippen LogP contribution in [0.4, 0.5) is 5.95 Å². The lowest BCUT2D eigenvalue weighted by molar-refractivity contribution is 0.197. The van der Waals surface area contributed by atoms with Gasteiger partial charge in [-0.1, -0.05) is 13.8 Å². The summed E-state index contributed by atoms with van der Waals surface area (Å²) in [4.78, 5) is 11.6. The first-order chi connectivity index (χ1) is 15.0. The lowest BCUT2D eigenvalue weighted by Gasteiger charge is -2.39. The molecule has 0 aliphatic carbocycles. The zero-order valence-electron chi connectivity index (χ0n) is 19.1. The first kappa shape index (κ1) is 22.7. The van der Waals surface area contributed by atoms with Crippen LogP contribution >= 0.6 is 0 Å². The first-order valence-corrected chi connectivity index (χ1v) is 12.7. The van der Waals surface area contributed by atoms with Crippen LogP contribution in [0.2, 0.25) is 0 Å². The average molecular weight is 459 g/mol. The van der Waals surface area contributed by atoms with Crippen molar-refractivity contribution in [2.24, 2.45) is 5.92 Å². The molecule has 4 rings (SSSR count). The zero-order valence-corrected chi connectivity index (χ0v) is 19.9. The largest absolute Gasteiger partial charge is 0.392 e. The molecule has 0 radical (unpaired) electrons. The average Bonchev–Trinajstić information content (AvgIpc) is 3.08. The third-order valence-electron chi connectivity index (χ3n) is 6.23. The molecule has 0 saturated heterocycles. The second kappa shape index (κ2) is 8.13. The molecule has 172 valence electrons. The van der Waals surface area contributed by atoms with E-state index in [1.165, 1.54) is 6.26 Å². The number of aromatic nitrogens is 3. The molecular formula is C23H30N4O4S. The molecule has 2 aromatic heterocycles. The molecule has 0 fully saturated rings. The summed E-state index contributed by atoms with van der Waals surface area (Å²) in [5.41, 5.74) is 3.80. The van der Waals surface area contributed by atoms with Crippen molar-refractivity contribution in [3.8, 4) is 0 Å². The van der Waals surface area contributed by atoms with Crippen molar-refractivity contribution in [3.05, 3.63) is 46.9 Å². The van der Waals surface area contributed by atoms with Crippen LogP contribution in [0.15, 0.2) is 29.3 Å². The van der Waals surface area contributed by atoms with Crippen LogP contribution in [0.3, 0.4) is 0 Å². The van der Waals surface area contributed by atoms with Gasteiger partial charge in [-0.05, 0) is 43.5 Å². The molecule has 0 spiro atoms. The number of fused-ring (bicyclic) bond motifs is 3. The molecule has 9 heteroatoms. The van der Waals surface area contributed by atoms with Crippen LogP contribution < -0.4 is 4.90 Å². The summed E-state index contributed by atoms with van der Waals surface area (Å²) in [5.74, 6) is 0.861.